The van der Waals surface area contributed by atoms with Crippen molar-refractivity contribution in [3.05, 3.63) is 33.8 Å². The normalized spacial score (nSPS) is 10.7. The van der Waals surface area contributed by atoms with E-state index in [0.29, 0.717) is 10.2 Å². The molecule has 2 heterocycles. The predicted octanol–water partition coefficient (Wildman–Crippen LogP) is 3.84. The Labute approximate surface area is 111 Å². The predicted molar refractivity (Wildman–Crippen MR) is 68.5 cm³/mol. The number of aromatic nitrogens is 3. The van der Waals surface area contributed by atoms with Crippen molar-refractivity contribution in [2.24, 2.45) is 0 Å². The van der Waals surface area contributed by atoms with Crippen LogP contribution in [0, 0.1) is 6.92 Å². The molecule has 7 heteroatoms. The zero-order valence-corrected chi connectivity index (χ0v) is 11.4. The van der Waals surface area contributed by atoms with Crippen LogP contribution in [0.5, 0.6) is 0 Å². The Bertz CT molecular complexity index is 501. The van der Waals surface area contributed by atoms with Crippen molar-refractivity contribution in [2.45, 2.75) is 17.0 Å². The van der Waals surface area contributed by atoms with Gasteiger partial charge in [0.05, 0.1) is 0 Å². The van der Waals surface area contributed by atoms with Gasteiger partial charge in [0.15, 0.2) is 4.34 Å². The summed E-state index contributed by atoms with van der Waals surface area (Å²) in [5, 5.41) is 1.04. The van der Waals surface area contributed by atoms with Crippen LogP contribution in [0.4, 0.5) is 0 Å². The fourth-order valence-electron chi connectivity index (χ4n) is 1.02. The Morgan fingerprint density at radius 1 is 1.44 bits per heavy atom. The largest absolute Gasteiger partial charge is 0.244 e. The lowest BCUT2D eigenvalue weighted by Gasteiger charge is -2.01. The highest BCUT2D eigenvalue weighted by atomic mass is 35.5. The van der Waals surface area contributed by atoms with Gasteiger partial charge in [-0.05, 0) is 30.1 Å². The summed E-state index contributed by atoms with van der Waals surface area (Å²) in [6, 6.07) is 1.64. The Hall–Kier alpha value is -0.360. The van der Waals surface area contributed by atoms with Gasteiger partial charge in [-0.1, -0.05) is 35.0 Å². The van der Waals surface area contributed by atoms with Crippen molar-refractivity contribution in [3.8, 4) is 0 Å². The molecule has 0 aromatic carbocycles. The third-order valence-electron chi connectivity index (χ3n) is 1.76. The van der Waals surface area contributed by atoms with Gasteiger partial charge < -0.3 is 0 Å². The number of hydrogen-bond donors (Lipinski definition) is 0. The van der Waals surface area contributed by atoms with Gasteiger partial charge in [-0.2, -0.15) is 4.37 Å². The molecule has 3 nitrogen and oxygen atoms in total. The van der Waals surface area contributed by atoms with E-state index in [0.717, 1.165) is 21.5 Å². The van der Waals surface area contributed by atoms with Crippen LogP contribution in [-0.2, 0) is 5.75 Å². The van der Waals surface area contributed by atoms with E-state index in [1.165, 1.54) is 11.5 Å². The first-order chi connectivity index (χ1) is 7.65. The van der Waals surface area contributed by atoms with Crippen LogP contribution in [-0.4, -0.2) is 14.3 Å². The molecule has 0 amide bonds. The van der Waals surface area contributed by atoms with Crippen molar-refractivity contribution >= 4 is 46.5 Å². The summed E-state index contributed by atoms with van der Waals surface area (Å²) in [6.45, 7) is 1.87. The molecular weight excluding hydrogens is 285 g/mol. The van der Waals surface area contributed by atoms with E-state index in [2.05, 4.69) is 14.3 Å². The molecule has 0 N–H and O–H groups in total. The summed E-state index contributed by atoms with van der Waals surface area (Å²) < 4.78 is 5.04. The van der Waals surface area contributed by atoms with E-state index in [-0.39, 0.29) is 0 Å². The number of rotatable bonds is 3. The number of aryl methyl sites for hydroxylation is 1. The Balaban J connectivity index is 2.04. The number of nitrogens with zero attached hydrogens (tertiary/aromatic N) is 3. The summed E-state index contributed by atoms with van der Waals surface area (Å²) in [7, 11) is 0. The topological polar surface area (TPSA) is 38.7 Å². The second kappa shape index (κ2) is 5.31. The van der Waals surface area contributed by atoms with Crippen LogP contribution in [0.1, 0.15) is 11.4 Å². The average molecular weight is 292 g/mol. The van der Waals surface area contributed by atoms with E-state index in [4.69, 9.17) is 23.2 Å². The maximum atomic E-state index is 6.03. The van der Waals surface area contributed by atoms with Crippen molar-refractivity contribution in [3.63, 3.8) is 0 Å². The smallest absolute Gasteiger partial charge is 0.170 e. The van der Waals surface area contributed by atoms with E-state index in [1.807, 2.05) is 6.92 Å². The number of hydrogen-bond acceptors (Lipinski definition) is 5. The summed E-state index contributed by atoms with van der Waals surface area (Å²) in [4.78, 5) is 8.25. The molecule has 0 fully saturated rings. The van der Waals surface area contributed by atoms with Gasteiger partial charge in [-0.25, -0.2) is 9.97 Å². The van der Waals surface area contributed by atoms with Gasteiger partial charge in [-0.15, -0.1) is 0 Å². The fraction of sp³-hybridized carbons (Fsp3) is 0.222. The average Bonchev–Trinajstić information content (AvgIpc) is 2.63. The van der Waals surface area contributed by atoms with Gasteiger partial charge in [0.25, 0.3) is 0 Å². The highest BCUT2D eigenvalue weighted by Gasteiger charge is 2.06. The van der Waals surface area contributed by atoms with Crippen LogP contribution in [0.15, 0.2) is 16.6 Å². The third-order valence-corrected chi connectivity index (χ3v) is 4.29. The van der Waals surface area contributed by atoms with Gasteiger partial charge >= 0.3 is 0 Å². The molecule has 0 saturated heterocycles. The first-order valence-corrected chi connectivity index (χ1v) is 6.89. The van der Waals surface area contributed by atoms with E-state index in [9.17, 15) is 0 Å². The second-order valence-corrected chi connectivity index (χ2v) is 5.76. The molecule has 0 radical (unpaired) electrons. The lowest BCUT2D eigenvalue weighted by atomic mass is 10.3. The molecule has 0 aliphatic carbocycles. The van der Waals surface area contributed by atoms with Gasteiger partial charge in [0.2, 0.25) is 0 Å². The minimum absolute atomic E-state index is 0.408. The van der Waals surface area contributed by atoms with Crippen LogP contribution in [0.2, 0.25) is 10.2 Å². The molecule has 0 aliphatic rings. The molecular formula is C9H7Cl2N3S2. The maximum Gasteiger partial charge on any atom is 0.170 e. The zero-order valence-electron chi connectivity index (χ0n) is 8.28. The highest BCUT2D eigenvalue weighted by molar-refractivity contribution is 8.00. The zero-order chi connectivity index (χ0) is 11.5. The Morgan fingerprint density at radius 3 is 2.88 bits per heavy atom. The lowest BCUT2D eigenvalue weighted by Crippen LogP contribution is -1.85. The van der Waals surface area contributed by atoms with Crippen LogP contribution >= 0.6 is 46.5 Å². The van der Waals surface area contributed by atoms with Gasteiger partial charge in [0.1, 0.15) is 11.0 Å². The van der Waals surface area contributed by atoms with Gasteiger partial charge in [-0.3, -0.25) is 0 Å². The molecule has 0 atom stereocenters. The molecule has 0 spiro atoms. The minimum Gasteiger partial charge on any atom is -0.244 e. The summed E-state index contributed by atoms with van der Waals surface area (Å²) in [6.07, 6.45) is 1.69. The molecule has 0 aliphatic heterocycles. The van der Waals surface area contributed by atoms with E-state index < -0.39 is 0 Å². The highest BCUT2D eigenvalue weighted by Crippen LogP contribution is 2.28. The maximum absolute atomic E-state index is 6.03. The number of thioether (sulfide) groups is 1. The number of halogens is 2. The molecule has 84 valence electrons. The standard InChI is InChI=1S/C9H7Cl2N3S2/c1-5-13-9(16-14-5)15-4-6-3-12-8(11)2-7(6)10/h2-3H,4H2,1H3. The molecule has 2 rings (SSSR count). The second-order valence-electron chi connectivity index (χ2n) is 2.99. The molecule has 2 aromatic rings. The minimum atomic E-state index is 0.408. The van der Waals surface area contributed by atoms with Gasteiger partial charge in [0, 0.05) is 17.0 Å². The van der Waals surface area contributed by atoms with Crippen LogP contribution in [0.3, 0.4) is 0 Å². The molecule has 0 saturated carbocycles. The van der Waals surface area contributed by atoms with E-state index >= 15 is 0 Å². The lowest BCUT2D eigenvalue weighted by molar-refractivity contribution is 1.10. The van der Waals surface area contributed by atoms with Crippen LogP contribution < -0.4 is 0 Å². The van der Waals surface area contributed by atoms with Crippen molar-refractivity contribution in [1.82, 2.24) is 14.3 Å². The van der Waals surface area contributed by atoms with Crippen molar-refractivity contribution in [1.29, 1.82) is 0 Å². The SMILES string of the molecule is Cc1nsc(SCc2cnc(Cl)cc2Cl)n1. The monoisotopic (exact) mass is 291 g/mol. The first-order valence-electron chi connectivity index (χ1n) is 4.38. The Kier molecular flexibility index (Phi) is 4.02. The Morgan fingerprint density at radius 2 is 2.25 bits per heavy atom. The first kappa shape index (κ1) is 12.1. The quantitative estimate of drug-likeness (QED) is 0.636. The van der Waals surface area contributed by atoms with Crippen LogP contribution in [0.25, 0.3) is 0 Å². The molecule has 16 heavy (non-hydrogen) atoms. The van der Waals surface area contributed by atoms with Crippen molar-refractivity contribution < 1.29 is 0 Å². The summed E-state index contributed by atoms with van der Waals surface area (Å²) in [5.74, 6) is 1.52. The van der Waals surface area contributed by atoms with Crippen molar-refractivity contribution in [2.75, 3.05) is 0 Å². The summed E-state index contributed by atoms with van der Waals surface area (Å²) in [5.41, 5.74) is 0.948. The third kappa shape index (κ3) is 3.07. The molecule has 2 aromatic heterocycles. The molecule has 0 unspecified atom stereocenters. The number of pyridine rings is 1. The summed E-state index contributed by atoms with van der Waals surface area (Å²) >= 11 is 14.7. The molecule has 0 bridgehead atoms. The van der Waals surface area contributed by atoms with E-state index in [1.54, 1.807) is 24.0 Å². The fourth-order valence-corrected chi connectivity index (χ4v) is 3.16.